The topological polar surface area (TPSA) is 26.3 Å². The highest BCUT2D eigenvalue weighted by Crippen LogP contribution is 2.03. The minimum absolute atomic E-state index is 0.0454. The van der Waals surface area contributed by atoms with Crippen LogP contribution in [0.25, 0.3) is 0 Å². The Hall–Kier alpha value is -0.790. The molecule has 2 heteroatoms. The molecule has 0 N–H and O–H groups in total. The van der Waals surface area contributed by atoms with Crippen LogP contribution in [-0.4, -0.2) is 12.6 Å². The summed E-state index contributed by atoms with van der Waals surface area (Å²) in [4.78, 5) is 11.2. The molecule has 0 radical (unpaired) electrons. The molecule has 0 bridgehead atoms. The van der Waals surface area contributed by atoms with Gasteiger partial charge in [-0.25, -0.2) is 0 Å². The molecule has 0 saturated heterocycles. The molecular formula is C13H24O2. The predicted molar refractivity (Wildman–Crippen MR) is 63.8 cm³/mol. The van der Waals surface area contributed by atoms with E-state index < -0.39 is 0 Å². The highest BCUT2D eigenvalue weighted by molar-refractivity contribution is 5.69. The number of hydrogen-bond acceptors (Lipinski definition) is 2. The van der Waals surface area contributed by atoms with Crippen LogP contribution in [0.5, 0.6) is 0 Å². The average molecular weight is 212 g/mol. The molecule has 0 unspecified atom stereocenters. The number of allylic oxidation sites excluding steroid dienone is 1. The standard InChI is InChI=1S/C13H24O2/c1-3-5-7-9-11-13(14)15-12-10-8-6-4-2/h6,8H,3-5,7,9-12H2,1-2H3. The third-order valence-corrected chi connectivity index (χ3v) is 2.18. The van der Waals surface area contributed by atoms with E-state index in [-0.39, 0.29) is 5.97 Å². The lowest BCUT2D eigenvalue weighted by molar-refractivity contribution is -0.143. The van der Waals surface area contributed by atoms with Crippen LogP contribution in [0.2, 0.25) is 0 Å². The van der Waals surface area contributed by atoms with Crippen molar-refractivity contribution in [1.29, 1.82) is 0 Å². The van der Waals surface area contributed by atoms with Crippen LogP contribution in [-0.2, 0) is 9.53 Å². The van der Waals surface area contributed by atoms with E-state index in [1.165, 1.54) is 12.8 Å². The molecule has 2 nitrogen and oxygen atoms in total. The third kappa shape index (κ3) is 11.1. The van der Waals surface area contributed by atoms with Gasteiger partial charge in [0.1, 0.15) is 0 Å². The molecule has 0 saturated carbocycles. The molecule has 0 aromatic carbocycles. The van der Waals surface area contributed by atoms with Gasteiger partial charge in [0.15, 0.2) is 0 Å². The van der Waals surface area contributed by atoms with Gasteiger partial charge in [0.25, 0.3) is 0 Å². The van der Waals surface area contributed by atoms with Crippen LogP contribution < -0.4 is 0 Å². The van der Waals surface area contributed by atoms with E-state index >= 15 is 0 Å². The normalized spacial score (nSPS) is 10.8. The van der Waals surface area contributed by atoms with Gasteiger partial charge < -0.3 is 4.74 Å². The SMILES string of the molecule is CCC=CCCOC(=O)CCCCCC. The number of carbonyl (C=O) groups is 1. The summed E-state index contributed by atoms with van der Waals surface area (Å²) in [5.74, 6) is -0.0454. The van der Waals surface area contributed by atoms with Gasteiger partial charge >= 0.3 is 5.97 Å². The number of carbonyl (C=O) groups excluding carboxylic acids is 1. The maximum absolute atomic E-state index is 11.2. The molecule has 0 fully saturated rings. The molecular weight excluding hydrogens is 188 g/mol. The zero-order valence-corrected chi connectivity index (χ0v) is 10.1. The molecule has 0 aliphatic heterocycles. The summed E-state index contributed by atoms with van der Waals surface area (Å²) < 4.78 is 5.08. The number of rotatable bonds is 9. The van der Waals surface area contributed by atoms with Crippen molar-refractivity contribution >= 4 is 5.97 Å². The van der Waals surface area contributed by atoms with E-state index in [4.69, 9.17) is 4.74 Å². The summed E-state index contributed by atoms with van der Waals surface area (Å²) in [6.45, 7) is 4.79. The molecule has 0 aliphatic rings. The van der Waals surface area contributed by atoms with Crippen LogP contribution in [0.4, 0.5) is 0 Å². The van der Waals surface area contributed by atoms with Crippen LogP contribution in [0.15, 0.2) is 12.2 Å². The van der Waals surface area contributed by atoms with E-state index in [9.17, 15) is 4.79 Å². The van der Waals surface area contributed by atoms with Crippen molar-refractivity contribution in [2.75, 3.05) is 6.61 Å². The first-order valence-corrected chi connectivity index (χ1v) is 6.11. The second-order valence-electron chi connectivity index (χ2n) is 3.70. The zero-order valence-electron chi connectivity index (χ0n) is 10.1. The maximum Gasteiger partial charge on any atom is 0.305 e. The maximum atomic E-state index is 11.2. The Morgan fingerprint density at radius 1 is 1.13 bits per heavy atom. The number of unbranched alkanes of at least 4 members (excludes halogenated alkanes) is 3. The van der Waals surface area contributed by atoms with Gasteiger partial charge in [0, 0.05) is 6.42 Å². The van der Waals surface area contributed by atoms with E-state index in [2.05, 4.69) is 26.0 Å². The zero-order chi connectivity index (χ0) is 11.4. The van der Waals surface area contributed by atoms with Gasteiger partial charge in [-0.1, -0.05) is 45.3 Å². The summed E-state index contributed by atoms with van der Waals surface area (Å²) in [5.41, 5.74) is 0. The summed E-state index contributed by atoms with van der Waals surface area (Å²) in [6, 6.07) is 0. The Balaban J connectivity index is 3.22. The first kappa shape index (κ1) is 14.2. The fourth-order valence-electron chi connectivity index (χ4n) is 1.29. The number of ether oxygens (including phenoxy) is 1. The molecule has 0 spiro atoms. The van der Waals surface area contributed by atoms with Gasteiger partial charge in [-0.05, 0) is 19.3 Å². The van der Waals surface area contributed by atoms with E-state index in [1.807, 2.05) is 0 Å². The van der Waals surface area contributed by atoms with Crippen molar-refractivity contribution < 1.29 is 9.53 Å². The molecule has 0 aromatic rings. The third-order valence-electron chi connectivity index (χ3n) is 2.18. The summed E-state index contributed by atoms with van der Waals surface area (Å²) in [7, 11) is 0. The second-order valence-corrected chi connectivity index (χ2v) is 3.70. The summed E-state index contributed by atoms with van der Waals surface area (Å²) in [6.07, 6.45) is 11.2. The van der Waals surface area contributed by atoms with Crippen LogP contribution in [0.3, 0.4) is 0 Å². The molecule has 0 aliphatic carbocycles. The molecule has 0 heterocycles. The molecule has 0 aromatic heterocycles. The van der Waals surface area contributed by atoms with Crippen molar-refractivity contribution in [3.05, 3.63) is 12.2 Å². The minimum atomic E-state index is -0.0454. The lowest BCUT2D eigenvalue weighted by Gasteiger charge is -2.02. The highest BCUT2D eigenvalue weighted by atomic mass is 16.5. The lowest BCUT2D eigenvalue weighted by atomic mass is 10.2. The highest BCUT2D eigenvalue weighted by Gasteiger charge is 2.00. The largest absolute Gasteiger partial charge is 0.465 e. The Kier molecular flexibility index (Phi) is 10.7. The van der Waals surface area contributed by atoms with Gasteiger partial charge in [0.05, 0.1) is 6.61 Å². The first-order chi connectivity index (χ1) is 7.31. The fourth-order valence-corrected chi connectivity index (χ4v) is 1.29. The molecule has 0 atom stereocenters. The quantitative estimate of drug-likeness (QED) is 0.329. The summed E-state index contributed by atoms with van der Waals surface area (Å²) in [5, 5.41) is 0. The van der Waals surface area contributed by atoms with Crippen molar-refractivity contribution in [1.82, 2.24) is 0 Å². The molecule has 0 rings (SSSR count). The van der Waals surface area contributed by atoms with E-state index in [1.54, 1.807) is 0 Å². The van der Waals surface area contributed by atoms with Crippen LogP contribution in [0.1, 0.15) is 58.8 Å². The minimum Gasteiger partial charge on any atom is -0.465 e. The van der Waals surface area contributed by atoms with Gasteiger partial charge in [-0.15, -0.1) is 0 Å². The number of hydrogen-bond donors (Lipinski definition) is 0. The van der Waals surface area contributed by atoms with Crippen molar-refractivity contribution in [3.63, 3.8) is 0 Å². The molecule has 15 heavy (non-hydrogen) atoms. The Morgan fingerprint density at radius 2 is 1.93 bits per heavy atom. The smallest absolute Gasteiger partial charge is 0.305 e. The predicted octanol–water partition coefficient (Wildman–Crippen LogP) is 3.86. The van der Waals surface area contributed by atoms with Crippen molar-refractivity contribution in [3.8, 4) is 0 Å². The number of esters is 1. The monoisotopic (exact) mass is 212 g/mol. The second kappa shape index (κ2) is 11.3. The average Bonchev–Trinajstić information content (AvgIpc) is 2.24. The fraction of sp³-hybridized carbons (Fsp3) is 0.769. The molecule has 0 amide bonds. The first-order valence-electron chi connectivity index (χ1n) is 6.11. The lowest BCUT2D eigenvalue weighted by Crippen LogP contribution is -2.04. The Bertz CT molecular complexity index is 173. The Labute approximate surface area is 93.7 Å². The van der Waals surface area contributed by atoms with E-state index in [0.717, 1.165) is 25.7 Å². The van der Waals surface area contributed by atoms with Crippen molar-refractivity contribution in [2.24, 2.45) is 0 Å². The summed E-state index contributed by atoms with van der Waals surface area (Å²) >= 11 is 0. The van der Waals surface area contributed by atoms with Crippen LogP contribution in [0, 0.1) is 0 Å². The Morgan fingerprint density at radius 3 is 2.60 bits per heavy atom. The van der Waals surface area contributed by atoms with Gasteiger partial charge in [0.2, 0.25) is 0 Å². The van der Waals surface area contributed by atoms with Crippen LogP contribution >= 0.6 is 0 Å². The van der Waals surface area contributed by atoms with Gasteiger partial charge in [-0.2, -0.15) is 0 Å². The molecule has 88 valence electrons. The van der Waals surface area contributed by atoms with Crippen molar-refractivity contribution in [2.45, 2.75) is 58.8 Å². The van der Waals surface area contributed by atoms with E-state index in [0.29, 0.717) is 13.0 Å². The van der Waals surface area contributed by atoms with Gasteiger partial charge in [-0.3, -0.25) is 4.79 Å².